The summed E-state index contributed by atoms with van der Waals surface area (Å²) in [5.74, 6) is 1.28. The number of nitrogens with one attached hydrogen (secondary N) is 2. The molecule has 5 heteroatoms. The van der Waals surface area contributed by atoms with Gasteiger partial charge >= 0.3 is 0 Å². The van der Waals surface area contributed by atoms with Gasteiger partial charge < -0.3 is 15.4 Å². The van der Waals surface area contributed by atoms with E-state index in [1.165, 1.54) is 5.56 Å². The molecule has 1 atom stereocenters. The summed E-state index contributed by atoms with van der Waals surface area (Å²) in [5.41, 5.74) is 2.39. The SMILES string of the molecule is COc1ccc(C(=O)Nc2ccc(NC(C)c3ccccc3)nc2)cc1. The maximum Gasteiger partial charge on any atom is 0.255 e. The predicted octanol–water partition coefficient (Wildman–Crippen LogP) is 4.52. The number of benzene rings is 2. The monoisotopic (exact) mass is 347 g/mol. The molecule has 5 nitrogen and oxygen atoms in total. The van der Waals surface area contributed by atoms with E-state index in [1.54, 1.807) is 37.6 Å². The van der Waals surface area contributed by atoms with E-state index < -0.39 is 0 Å². The molecule has 0 aliphatic heterocycles. The number of pyridine rings is 1. The first-order valence-electron chi connectivity index (χ1n) is 8.38. The third-order valence-electron chi connectivity index (χ3n) is 4.04. The molecule has 2 aromatic carbocycles. The molecule has 0 saturated carbocycles. The lowest BCUT2D eigenvalue weighted by Gasteiger charge is -2.15. The van der Waals surface area contributed by atoms with Gasteiger partial charge in [-0.3, -0.25) is 4.79 Å². The summed E-state index contributed by atoms with van der Waals surface area (Å²) in [5, 5.41) is 6.18. The highest BCUT2D eigenvalue weighted by Gasteiger charge is 2.08. The van der Waals surface area contributed by atoms with E-state index in [9.17, 15) is 4.79 Å². The van der Waals surface area contributed by atoms with Crippen LogP contribution in [0.25, 0.3) is 0 Å². The van der Waals surface area contributed by atoms with E-state index in [4.69, 9.17) is 4.74 Å². The number of aromatic nitrogens is 1. The minimum absolute atomic E-state index is 0.142. The maximum absolute atomic E-state index is 12.3. The van der Waals surface area contributed by atoms with Crippen LogP contribution in [-0.4, -0.2) is 18.0 Å². The third kappa shape index (κ3) is 4.39. The first-order chi connectivity index (χ1) is 12.7. The second kappa shape index (κ2) is 8.16. The van der Waals surface area contributed by atoms with Gasteiger partial charge in [0.25, 0.3) is 5.91 Å². The summed E-state index contributed by atoms with van der Waals surface area (Å²) >= 11 is 0. The Morgan fingerprint density at radius 1 is 1.00 bits per heavy atom. The summed E-state index contributed by atoms with van der Waals surface area (Å²) in [6.07, 6.45) is 1.64. The zero-order valence-corrected chi connectivity index (χ0v) is 14.8. The highest BCUT2D eigenvalue weighted by atomic mass is 16.5. The Hall–Kier alpha value is -3.34. The lowest BCUT2D eigenvalue weighted by atomic mass is 10.1. The van der Waals surface area contributed by atoms with Crippen molar-refractivity contribution in [2.45, 2.75) is 13.0 Å². The van der Waals surface area contributed by atoms with Gasteiger partial charge in [-0.25, -0.2) is 4.98 Å². The van der Waals surface area contributed by atoms with Crippen LogP contribution >= 0.6 is 0 Å². The summed E-state index contributed by atoms with van der Waals surface area (Å²) in [6, 6.07) is 20.9. The summed E-state index contributed by atoms with van der Waals surface area (Å²) in [7, 11) is 1.59. The van der Waals surface area contributed by atoms with Crippen molar-refractivity contribution in [3.05, 3.63) is 84.1 Å². The third-order valence-corrected chi connectivity index (χ3v) is 4.04. The van der Waals surface area contributed by atoms with Crippen LogP contribution in [-0.2, 0) is 0 Å². The molecule has 2 N–H and O–H groups in total. The zero-order chi connectivity index (χ0) is 18.4. The first kappa shape index (κ1) is 17.5. The molecule has 1 heterocycles. The van der Waals surface area contributed by atoms with Crippen molar-refractivity contribution < 1.29 is 9.53 Å². The maximum atomic E-state index is 12.3. The van der Waals surface area contributed by atoms with E-state index in [2.05, 4.69) is 34.7 Å². The molecule has 1 unspecified atom stereocenters. The van der Waals surface area contributed by atoms with Crippen molar-refractivity contribution in [3.63, 3.8) is 0 Å². The Labute approximate surface area is 153 Å². The molecule has 1 aromatic heterocycles. The van der Waals surface area contributed by atoms with Gasteiger partial charge in [-0.05, 0) is 48.9 Å². The molecule has 0 bridgehead atoms. The van der Waals surface area contributed by atoms with Gasteiger partial charge in [-0.15, -0.1) is 0 Å². The molecule has 0 fully saturated rings. The molecule has 26 heavy (non-hydrogen) atoms. The van der Waals surface area contributed by atoms with Crippen molar-refractivity contribution in [2.75, 3.05) is 17.7 Å². The van der Waals surface area contributed by atoms with Gasteiger partial charge in [0.05, 0.1) is 19.0 Å². The molecule has 0 radical (unpaired) electrons. The van der Waals surface area contributed by atoms with Gasteiger partial charge in [0, 0.05) is 11.6 Å². The number of amides is 1. The van der Waals surface area contributed by atoms with E-state index >= 15 is 0 Å². The number of anilines is 2. The number of ether oxygens (including phenoxy) is 1. The second-order valence-electron chi connectivity index (χ2n) is 5.89. The Kier molecular flexibility index (Phi) is 5.49. The van der Waals surface area contributed by atoms with Crippen molar-refractivity contribution in [2.24, 2.45) is 0 Å². The Morgan fingerprint density at radius 2 is 1.73 bits per heavy atom. The van der Waals surface area contributed by atoms with Crippen LogP contribution in [0, 0.1) is 0 Å². The number of carbonyl (C=O) groups excluding carboxylic acids is 1. The smallest absolute Gasteiger partial charge is 0.255 e. The fraction of sp³-hybridized carbons (Fsp3) is 0.143. The molecule has 1 amide bonds. The summed E-state index contributed by atoms with van der Waals surface area (Å²) in [6.45, 7) is 2.08. The molecule has 0 spiro atoms. The Morgan fingerprint density at radius 3 is 2.35 bits per heavy atom. The number of hydrogen-bond donors (Lipinski definition) is 2. The molecule has 132 valence electrons. The van der Waals surface area contributed by atoms with Crippen LogP contribution in [0.4, 0.5) is 11.5 Å². The van der Waals surface area contributed by atoms with E-state index in [1.807, 2.05) is 30.3 Å². The zero-order valence-electron chi connectivity index (χ0n) is 14.8. The minimum atomic E-state index is -0.187. The van der Waals surface area contributed by atoms with E-state index in [0.717, 1.165) is 5.82 Å². The van der Waals surface area contributed by atoms with Gasteiger partial charge in [0.15, 0.2) is 0 Å². The molecular formula is C21H21N3O2. The fourth-order valence-electron chi connectivity index (χ4n) is 2.55. The second-order valence-corrected chi connectivity index (χ2v) is 5.89. The first-order valence-corrected chi connectivity index (χ1v) is 8.38. The summed E-state index contributed by atoms with van der Waals surface area (Å²) < 4.78 is 5.10. The quantitative estimate of drug-likeness (QED) is 0.688. The number of nitrogens with zero attached hydrogens (tertiary/aromatic N) is 1. The minimum Gasteiger partial charge on any atom is -0.497 e. The Balaban J connectivity index is 1.61. The molecule has 3 rings (SSSR count). The highest BCUT2D eigenvalue weighted by Crippen LogP contribution is 2.19. The molecule has 0 saturated heterocycles. The van der Waals surface area contributed by atoms with Crippen molar-refractivity contribution in [3.8, 4) is 5.75 Å². The fourth-order valence-corrected chi connectivity index (χ4v) is 2.55. The van der Waals surface area contributed by atoms with Crippen molar-refractivity contribution in [1.29, 1.82) is 0 Å². The predicted molar refractivity (Wildman–Crippen MR) is 104 cm³/mol. The van der Waals surface area contributed by atoms with Crippen molar-refractivity contribution >= 4 is 17.4 Å². The topological polar surface area (TPSA) is 63.2 Å². The van der Waals surface area contributed by atoms with E-state index in [-0.39, 0.29) is 11.9 Å². The van der Waals surface area contributed by atoms with Gasteiger partial charge in [0.1, 0.15) is 11.6 Å². The standard InChI is InChI=1S/C21H21N3O2/c1-15(16-6-4-3-5-7-16)23-20-13-10-18(14-22-20)24-21(25)17-8-11-19(26-2)12-9-17/h3-15H,1-2H3,(H,22,23)(H,24,25). The number of carbonyl (C=O) groups is 1. The number of methoxy groups -OCH3 is 1. The van der Waals surface area contributed by atoms with E-state index in [0.29, 0.717) is 17.0 Å². The lowest BCUT2D eigenvalue weighted by molar-refractivity contribution is 0.102. The van der Waals surface area contributed by atoms with Crippen LogP contribution in [0.5, 0.6) is 5.75 Å². The molecule has 0 aliphatic carbocycles. The Bertz CT molecular complexity index is 847. The van der Waals surface area contributed by atoms with Crippen LogP contribution in [0.3, 0.4) is 0 Å². The number of hydrogen-bond acceptors (Lipinski definition) is 4. The largest absolute Gasteiger partial charge is 0.497 e. The molecular weight excluding hydrogens is 326 g/mol. The lowest BCUT2D eigenvalue weighted by Crippen LogP contribution is -2.12. The van der Waals surface area contributed by atoms with Crippen LogP contribution in [0.2, 0.25) is 0 Å². The normalized spacial score (nSPS) is 11.5. The van der Waals surface area contributed by atoms with Gasteiger partial charge in [-0.2, -0.15) is 0 Å². The molecule has 0 aliphatic rings. The summed E-state index contributed by atoms with van der Waals surface area (Å²) in [4.78, 5) is 16.6. The van der Waals surface area contributed by atoms with Crippen LogP contribution in [0.1, 0.15) is 28.9 Å². The van der Waals surface area contributed by atoms with Gasteiger partial charge in [-0.1, -0.05) is 30.3 Å². The van der Waals surface area contributed by atoms with Crippen LogP contribution in [0.15, 0.2) is 72.9 Å². The van der Waals surface area contributed by atoms with Gasteiger partial charge in [0.2, 0.25) is 0 Å². The van der Waals surface area contributed by atoms with Crippen LogP contribution < -0.4 is 15.4 Å². The van der Waals surface area contributed by atoms with Crippen molar-refractivity contribution in [1.82, 2.24) is 4.98 Å². The average molecular weight is 347 g/mol. The average Bonchev–Trinajstić information content (AvgIpc) is 2.70. The molecule has 3 aromatic rings. The number of rotatable bonds is 6. The highest BCUT2D eigenvalue weighted by molar-refractivity contribution is 6.04.